The predicted molar refractivity (Wildman–Crippen MR) is 94.2 cm³/mol. The number of rotatable bonds is 9. The molecule has 1 rings (SSSR count). The molecule has 25 heavy (non-hydrogen) atoms. The number of hydrogen-bond acceptors (Lipinski definition) is 6. The summed E-state index contributed by atoms with van der Waals surface area (Å²) in [5, 5.41) is 2.37. The molecular weight excluding hydrogens is 394 g/mol. The van der Waals surface area contributed by atoms with E-state index in [0.717, 1.165) is 10.0 Å². The lowest BCUT2D eigenvalue weighted by Gasteiger charge is -2.16. The lowest BCUT2D eigenvalue weighted by atomic mass is 10.1. The molecule has 1 N–H and O–H groups in total. The molecule has 0 atom stereocenters. The standard InChI is InChI=1S/C17H22BrNO6/c1-4-24-16(21)15(17(22)25-5-2)19-14(20)9-7-11-6-8-13(23-3)12(18)10-11/h6,8,10,15H,4-5,7,9H2,1-3H3,(H,19,20). The van der Waals surface area contributed by atoms with Gasteiger partial charge in [0.25, 0.3) is 0 Å². The van der Waals surface area contributed by atoms with Crippen molar-refractivity contribution in [3.05, 3.63) is 28.2 Å². The largest absolute Gasteiger partial charge is 0.496 e. The molecule has 8 heteroatoms. The molecule has 138 valence electrons. The third-order valence-electron chi connectivity index (χ3n) is 3.21. The van der Waals surface area contributed by atoms with Crippen LogP contribution in [0.15, 0.2) is 22.7 Å². The number of carbonyl (C=O) groups is 3. The zero-order valence-electron chi connectivity index (χ0n) is 14.5. The number of benzene rings is 1. The maximum Gasteiger partial charge on any atom is 0.340 e. The van der Waals surface area contributed by atoms with E-state index < -0.39 is 23.9 Å². The molecule has 0 saturated carbocycles. The van der Waals surface area contributed by atoms with Crippen LogP contribution in [0.5, 0.6) is 5.75 Å². The van der Waals surface area contributed by atoms with Crippen LogP contribution in [0.4, 0.5) is 0 Å². The van der Waals surface area contributed by atoms with E-state index in [1.54, 1.807) is 27.0 Å². The number of halogens is 1. The molecule has 1 aromatic rings. The average molecular weight is 416 g/mol. The smallest absolute Gasteiger partial charge is 0.340 e. The van der Waals surface area contributed by atoms with Gasteiger partial charge in [-0.05, 0) is 53.9 Å². The van der Waals surface area contributed by atoms with Gasteiger partial charge in [0, 0.05) is 6.42 Å². The molecule has 0 aromatic heterocycles. The Morgan fingerprint density at radius 1 is 1.12 bits per heavy atom. The fourth-order valence-corrected chi connectivity index (χ4v) is 2.61. The quantitative estimate of drug-likeness (QED) is 0.489. The van der Waals surface area contributed by atoms with E-state index in [2.05, 4.69) is 21.2 Å². The molecule has 0 saturated heterocycles. The van der Waals surface area contributed by atoms with Crippen molar-refractivity contribution in [2.24, 2.45) is 0 Å². The summed E-state index contributed by atoms with van der Waals surface area (Å²) in [7, 11) is 1.57. The van der Waals surface area contributed by atoms with Crippen LogP contribution in [0, 0.1) is 0 Å². The number of carbonyl (C=O) groups excluding carboxylic acids is 3. The lowest BCUT2D eigenvalue weighted by molar-refractivity contribution is -0.159. The Labute approximate surface area is 155 Å². The molecular formula is C17H22BrNO6. The summed E-state index contributed by atoms with van der Waals surface area (Å²) in [6.07, 6.45) is 0.543. The zero-order valence-corrected chi connectivity index (χ0v) is 16.1. The van der Waals surface area contributed by atoms with Gasteiger partial charge in [-0.3, -0.25) is 4.79 Å². The van der Waals surface area contributed by atoms with E-state index in [4.69, 9.17) is 14.2 Å². The van der Waals surface area contributed by atoms with Crippen LogP contribution in [-0.4, -0.2) is 44.2 Å². The molecule has 1 aromatic carbocycles. The van der Waals surface area contributed by atoms with E-state index in [9.17, 15) is 14.4 Å². The van der Waals surface area contributed by atoms with Crippen LogP contribution in [0.2, 0.25) is 0 Å². The Balaban J connectivity index is 2.66. The van der Waals surface area contributed by atoms with Crippen molar-refractivity contribution in [3.63, 3.8) is 0 Å². The SMILES string of the molecule is CCOC(=O)C(NC(=O)CCc1ccc(OC)c(Br)c1)C(=O)OCC. The van der Waals surface area contributed by atoms with E-state index in [0.29, 0.717) is 12.2 Å². The van der Waals surface area contributed by atoms with Gasteiger partial charge < -0.3 is 19.5 Å². The number of amides is 1. The van der Waals surface area contributed by atoms with Crippen molar-refractivity contribution in [1.29, 1.82) is 0 Å². The summed E-state index contributed by atoms with van der Waals surface area (Å²) < 4.78 is 15.5. The van der Waals surface area contributed by atoms with Crippen molar-refractivity contribution in [1.82, 2.24) is 5.32 Å². The zero-order chi connectivity index (χ0) is 18.8. The summed E-state index contributed by atoms with van der Waals surface area (Å²) in [5.74, 6) is -1.42. The van der Waals surface area contributed by atoms with Crippen LogP contribution < -0.4 is 10.1 Å². The molecule has 0 unspecified atom stereocenters. The number of esters is 2. The molecule has 0 spiro atoms. The van der Waals surface area contributed by atoms with E-state index in [1.165, 1.54) is 0 Å². The highest BCUT2D eigenvalue weighted by molar-refractivity contribution is 9.10. The van der Waals surface area contributed by atoms with Crippen LogP contribution in [-0.2, 0) is 30.3 Å². The fourth-order valence-electron chi connectivity index (χ4n) is 2.02. The Hall–Kier alpha value is -2.09. The number of aryl methyl sites for hydroxylation is 1. The molecule has 0 radical (unpaired) electrons. The van der Waals surface area contributed by atoms with Crippen molar-refractivity contribution in [2.45, 2.75) is 32.7 Å². The van der Waals surface area contributed by atoms with Gasteiger partial charge in [0.2, 0.25) is 11.9 Å². The molecule has 0 bridgehead atoms. The minimum absolute atomic E-state index is 0.102. The first-order valence-corrected chi connectivity index (χ1v) is 8.67. The van der Waals surface area contributed by atoms with Crippen LogP contribution in [0.25, 0.3) is 0 Å². The summed E-state index contributed by atoms with van der Waals surface area (Å²) in [6, 6.07) is 4.03. The van der Waals surface area contributed by atoms with Gasteiger partial charge in [0.15, 0.2) is 0 Å². The lowest BCUT2D eigenvalue weighted by Crippen LogP contribution is -2.48. The second-order valence-corrected chi connectivity index (χ2v) is 5.83. The van der Waals surface area contributed by atoms with Gasteiger partial charge in [-0.1, -0.05) is 6.07 Å². The minimum Gasteiger partial charge on any atom is -0.496 e. The first-order valence-electron chi connectivity index (χ1n) is 7.87. The summed E-state index contributed by atoms with van der Waals surface area (Å²) in [4.78, 5) is 35.7. The number of hydrogen-bond donors (Lipinski definition) is 1. The average Bonchev–Trinajstić information content (AvgIpc) is 2.58. The van der Waals surface area contributed by atoms with Gasteiger partial charge in [-0.2, -0.15) is 0 Å². The number of nitrogens with one attached hydrogen (secondary N) is 1. The van der Waals surface area contributed by atoms with Crippen molar-refractivity contribution >= 4 is 33.8 Å². The third-order valence-corrected chi connectivity index (χ3v) is 3.83. The molecule has 0 aliphatic rings. The van der Waals surface area contributed by atoms with Gasteiger partial charge in [0.05, 0.1) is 24.8 Å². The first-order chi connectivity index (χ1) is 11.9. The summed E-state index contributed by atoms with van der Waals surface area (Å²) >= 11 is 3.38. The molecule has 7 nitrogen and oxygen atoms in total. The summed E-state index contributed by atoms with van der Waals surface area (Å²) in [6.45, 7) is 3.43. The molecule has 0 aliphatic carbocycles. The first kappa shape index (κ1) is 21.0. The van der Waals surface area contributed by atoms with Gasteiger partial charge in [0.1, 0.15) is 5.75 Å². The molecule has 0 fully saturated rings. The van der Waals surface area contributed by atoms with E-state index in [-0.39, 0.29) is 19.6 Å². The Morgan fingerprint density at radius 3 is 2.20 bits per heavy atom. The highest BCUT2D eigenvalue weighted by Gasteiger charge is 2.31. The molecule has 0 aliphatic heterocycles. The Bertz CT molecular complexity index is 601. The predicted octanol–water partition coefficient (Wildman–Crippen LogP) is 2.00. The Kier molecular flexibility index (Phi) is 8.98. The second-order valence-electron chi connectivity index (χ2n) is 4.97. The van der Waals surface area contributed by atoms with Crippen molar-refractivity contribution < 1.29 is 28.6 Å². The highest BCUT2D eigenvalue weighted by Crippen LogP contribution is 2.25. The van der Waals surface area contributed by atoms with Gasteiger partial charge in [-0.25, -0.2) is 9.59 Å². The number of ether oxygens (including phenoxy) is 3. The highest BCUT2D eigenvalue weighted by atomic mass is 79.9. The van der Waals surface area contributed by atoms with Crippen LogP contribution in [0.3, 0.4) is 0 Å². The maximum atomic E-state index is 12.1. The van der Waals surface area contributed by atoms with E-state index in [1.807, 2.05) is 12.1 Å². The summed E-state index contributed by atoms with van der Waals surface area (Å²) in [5.41, 5.74) is 0.909. The third kappa shape index (κ3) is 6.74. The Morgan fingerprint density at radius 2 is 1.72 bits per heavy atom. The number of methoxy groups -OCH3 is 1. The second kappa shape index (κ2) is 10.7. The monoisotopic (exact) mass is 415 g/mol. The minimum atomic E-state index is -1.45. The van der Waals surface area contributed by atoms with E-state index >= 15 is 0 Å². The normalized spacial score (nSPS) is 10.3. The molecule has 0 heterocycles. The maximum absolute atomic E-state index is 12.1. The van der Waals surface area contributed by atoms with Crippen molar-refractivity contribution in [2.75, 3.05) is 20.3 Å². The van der Waals surface area contributed by atoms with Gasteiger partial charge >= 0.3 is 11.9 Å². The van der Waals surface area contributed by atoms with Gasteiger partial charge in [-0.15, -0.1) is 0 Å². The molecule has 1 amide bonds. The van der Waals surface area contributed by atoms with Crippen molar-refractivity contribution in [3.8, 4) is 5.75 Å². The van der Waals surface area contributed by atoms with Crippen LogP contribution >= 0.6 is 15.9 Å². The fraction of sp³-hybridized carbons (Fsp3) is 0.471. The van der Waals surface area contributed by atoms with Crippen LogP contribution in [0.1, 0.15) is 25.8 Å². The topological polar surface area (TPSA) is 90.9 Å².